The first kappa shape index (κ1) is 9.52. The third-order valence-electron chi connectivity index (χ3n) is 2.71. The average Bonchev–Trinajstić information content (AvgIpc) is 2.18. The summed E-state index contributed by atoms with van der Waals surface area (Å²) in [5.41, 5.74) is 0.409. The predicted octanol–water partition coefficient (Wildman–Crippen LogP) is 1.63. The van der Waals surface area contributed by atoms with Crippen molar-refractivity contribution in [2.45, 2.75) is 37.7 Å². The maximum atomic E-state index is 13.2. The monoisotopic (exact) mass is 196 g/mol. The van der Waals surface area contributed by atoms with Gasteiger partial charge in [-0.1, -0.05) is 6.42 Å². The first-order valence-corrected chi connectivity index (χ1v) is 4.92. The Bertz CT molecular complexity index is 319. The highest BCUT2D eigenvalue weighted by Gasteiger charge is 2.25. The number of aliphatic hydroxyl groups is 1. The number of halogens is 1. The minimum atomic E-state index is -0.494. The Morgan fingerprint density at radius 3 is 2.79 bits per heavy atom. The van der Waals surface area contributed by atoms with Crippen LogP contribution >= 0.6 is 0 Å². The summed E-state index contributed by atoms with van der Waals surface area (Å²) in [6.07, 6.45) is 5.79. The molecule has 1 fully saturated rings. The normalized spacial score (nSPS) is 27.6. The van der Waals surface area contributed by atoms with Crippen molar-refractivity contribution in [3.05, 3.63) is 24.0 Å². The van der Waals surface area contributed by atoms with E-state index in [9.17, 15) is 9.50 Å². The maximum Gasteiger partial charge on any atom is 0.234 e. The van der Waals surface area contributed by atoms with Crippen LogP contribution in [0, 0.1) is 5.95 Å². The van der Waals surface area contributed by atoms with Crippen LogP contribution < -0.4 is 0 Å². The first-order valence-electron chi connectivity index (χ1n) is 4.92. The average molecular weight is 196 g/mol. The van der Waals surface area contributed by atoms with E-state index in [4.69, 9.17) is 0 Å². The number of rotatable bonds is 1. The largest absolute Gasteiger partial charge is 0.393 e. The third-order valence-corrected chi connectivity index (χ3v) is 2.71. The van der Waals surface area contributed by atoms with Crippen LogP contribution in [0.2, 0.25) is 0 Å². The first-order chi connectivity index (χ1) is 6.77. The summed E-state index contributed by atoms with van der Waals surface area (Å²) in [7, 11) is 0. The molecule has 1 aromatic rings. The van der Waals surface area contributed by atoms with Gasteiger partial charge in [0, 0.05) is 18.3 Å². The zero-order valence-electron chi connectivity index (χ0n) is 7.86. The number of hydrogen-bond acceptors (Lipinski definition) is 3. The molecule has 1 unspecified atom stereocenters. The predicted molar refractivity (Wildman–Crippen MR) is 49.2 cm³/mol. The van der Waals surface area contributed by atoms with Gasteiger partial charge in [-0.2, -0.15) is 4.39 Å². The number of aromatic nitrogens is 2. The molecule has 0 spiro atoms. The SMILES string of the molecule is O[C@@H]1CCCC(c2nccnc2F)C1. The molecule has 0 bridgehead atoms. The lowest BCUT2D eigenvalue weighted by Gasteiger charge is -2.25. The lowest BCUT2D eigenvalue weighted by Crippen LogP contribution is -2.20. The van der Waals surface area contributed by atoms with Gasteiger partial charge in [-0.15, -0.1) is 0 Å². The summed E-state index contributed by atoms with van der Waals surface area (Å²) in [4.78, 5) is 7.56. The molecule has 14 heavy (non-hydrogen) atoms. The van der Waals surface area contributed by atoms with Gasteiger partial charge in [-0.05, 0) is 19.3 Å². The number of aliphatic hydroxyl groups excluding tert-OH is 1. The van der Waals surface area contributed by atoms with Crippen LogP contribution in [-0.4, -0.2) is 21.2 Å². The minimum Gasteiger partial charge on any atom is -0.393 e. The molecule has 1 N–H and O–H groups in total. The Morgan fingerprint density at radius 2 is 2.07 bits per heavy atom. The molecular formula is C10H13FN2O. The van der Waals surface area contributed by atoms with E-state index < -0.39 is 5.95 Å². The molecule has 0 saturated heterocycles. The third kappa shape index (κ3) is 1.90. The second-order valence-corrected chi connectivity index (χ2v) is 3.75. The highest BCUT2D eigenvalue weighted by atomic mass is 19.1. The van der Waals surface area contributed by atoms with E-state index in [-0.39, 0.29) is 12.0 Å². The summed E-state index contributed by atoms with van der Waals surface area (Å²) in [6, 6.07) is 0. The van der Waals surface area contributed by atoms with Gasteiger partial charge in [0.25, 0.3) is 0 Å². The van der Waals surface area contributed by atoms with Gasteiger partial charge < -0.3 is 5.11 Å². The van der Waals surface area contributed by atoms with E-state index in [0.717, 1.165) is 19.3 Å². The van der Waals surface area contributed by atoms with Gasteiger partial charge in [-0.25, -0.2) is 4.98 Å². The molecule has 1 aromatic heterocycles. The van der Waals surface area contributed by atoms with E-state index in [1.165, 1.54) is 12.4 Å². The molecule has 1 heterocycles. The Morgan fingerprint density at radius 1 is 1.29 bits per heavy atom. The topological polar surface area (TPSA) is 46.0 Å². The molecule has 3 nitrogen and oxygen atoms in total. The number of hydrogen-bond donors (Lipinski definition) is 1. The summed E-state index contributed by atoms with van der Waals surface area (Å²) >= 11 is 0. The van der Waals surface area contributed by atoms with Crippen molar-refractivity contribution in [1.29, 1.82) is 0 Å². The van der Waals surface area contributed by atoms with Crippen molar-refractivity contribution < 1.29 is 9.50 Å². The van der Waals surface area contributed by atoms with Crippen LogP contribution in [0.5, 0.6) is 0 Å². The van der Waals surface area contributed by atoms with Crippen molar-refractivity contribution in [3.63, 3.8) is 0 Å². The van der Waals surface area contributed by atoms with Crippen LogP contribution in [0.15, 0.2) is 12.4 Å². The van der Waals surface area contributed by atoms with Crippen LogP contribution in [0.3, 0.4) is 0 Å². The Kier molecular flexibility index (Phi) is 2.72. The van der Waals surface area contributed by atoms with E-state index in [1.807, 2.05) is 0 Å². The van der Waals surface area contributed by atoms with E-state index in [1.54, 1.807) is 0 Å². The molecule has 0 radical (unpaired) electrons. The molecule has 1 saturated carbocycles. The zero-order chi connectivity index (χ0) is 9.97. The number of nitrogens with zero attached hydrogens (tertiary/aromatic N) is 2. The lowest BCUT2D eigenvalue weighted by molar-refractivity contribution is 0.117. The Hall–Kier alpha value is -1.03. The smallest absolute Gasteiger partial charge is 0.234 e. The maximum absolute atomic E-state index is 13.2. The fraction of sp³-hybridized carbons (Fsp3) is 0.600. The molecule has 0 aromatic carbocycles. The molecule has 76 valence electrons. The summed E-state index contributed by atoms with van der Waals surface area (Å²) in [5, 5.41) is 9.46. The van der Waals surface area contributed by atoms with Gasteiger partial charge >= 0.3 is 0 Å². The van der Waals surface area contributed by atoms with E-state index >= 15 is 0 Å². The van der Waals surface area contributed by atoms with Crippen LogP contribution in [0.4, 0.5) is 4.39 Å². The second-order valence-electron chi connectivity index (χ2n) is 3.75. The van der Waals surface area contributed by atoms with Gasteiger partial charge in [0.2, 0.25) is 5.95 Å². The molecule has 0 aliphatic heterocycles. The van der Waals surface area contributed by atoms with E-state index in [2.05, 4.69) is 9.97 Å². The van der Waals surface area contributed by atoms with Crippen molar-refractivity contribution in [2.24, 2.45) is 0 Å². The highest BCUT2D eigenvalue weighted by molar-refractivity contribution is 5.07. The van der Waals surface area contributed by atoms with Crippen LogP contribution in [-0.2, 0) is 0 Å². The minimum absolute atomic E-state index is 0.0347. The van der Waals surface area contributed by atoms with Crippen LogP contribution in [0.1, 0.15) is 37.3 Å². The Balaban J connectivity index is 2.18. The summed E-state index contributed by atoms with van der Waals surface area (Å²) in [6.45, 7) is 0. The highest BCUT2D eigenvalue weighted by Crippen LogP contribution is 2.32. The van der Waals surface area contributed by atoms with E-state index in [0.29, 0.717) is 12.1 Å². The summed E-state index contributed by atoms with van der Waals surface area (Å²) in [5.74, 6) is -0.459. The molecule has 2 atom stereocenters. The van der Waals surface area contributed by atoms with Gasteiger partial charge in [0.15, 0.2) is 0 Å². The van der Waals surface area contributed by atoms with Gasteiger partial charge in [0.1, 0.15) is 0 Å². The standard InChI is InChI=1S/C10H13FN2O/c11-10-9(12-4-5-13-10)7-2-1-3-8(14)6-7/h4-5,7-8,14H,1-3,6H2/t7?,8-/m1/s1. The van der Waals surface area contributed by atoms with Gasteiger partial charge in [-0.3, -0.25) is 4.98 Å². The Labute approximate surface area is 82.0 Å². The molecule has 1 aliphatic carbocycles. The zero-order valence-corrected chi connectivity index (χ0v) is 7.86. The summed E-state index contributed by atoms with van der Waals surface area (Å²) < 4.78 is 13.2. The second kappa shape index (κ2) is 4.00. The fourth-order valence-electron chi connectivity index (χ4n) is 2.02. The van der Waals surface area contributed by atoms with Crippen molar-refractivity contribution in [2.75, 3.05) is 0 Å². The van der Waals surface area contributed by atoms with Gasteiger partial charge in [0.05, 0.1) is 11.8 Å². The molecule has 1 aliphatic rings. The lowest BCUT2D eigenvalue weighted by atomic mass is 9.85. The van der Waals surface area contributed by atoms with Crippen LogP contribution in [0.25, 0.3) is 0 Å². The molecular weight excluding hydrogens is 183 g/mol. The van der Waals surface area contributed by atoms with Crippen molar-refractivity contribution in [1.82, 2.24) is 9.97 Å². The van der Waals surface area contributed by atoms with Crippen molar-refractivity contribution >= 4 is 0 Å². The van der Waals surface area contributed by atoms with Crippen molar-refractivity contribution in [3.8, 4) is 0 Å². The molecule has 4 heteroatoms. The fourth-order valence-corrected chi connectivity index (χ4v) is 2.02. The quantitative estimate of drug-likeness (QED) is 0.742. The molecule has 0 amide bonds. The molecule has 2 rings (SSSR count).